The van der Waals surface area contributed by atoms with E-state index in [1.54, 1.807) is 0 Å². The molecule has 0 aliphatic rings. The van der Waals surface area contributed by atoms with Gasteiger partial charge in [0, 0.05) is 0 Å². The molecule has 2 N–H and O–H groups in total. The lowest BCUT2D eigenvalue weighted by Gasteiger charge is -2.05. The van der Waals surface area contributed by atoms with Crippen molar-refractivity contribution < 1.29 is 5.11 Å². The van der Waals surface area contributed by atoms with Crippen LogP contribution in [0.25, 0.3) is 0 Å². The molecule has 2 rings (SSSR count). The summed E-state index contributed by atoms with van der Waals surface area (Å²) in [6, 6.07) is 9.21. The highest BCUT2D eigenvalue weighted by Gasteiger charge is 2.12. The largest absolute Gasteiger partial charge is 0.380 e. The fourth-order valence-corrected chi connectivity index (χ4v) is 1.08. The van der Waals surface area contributed by atoms with Crippen LogP contribution in [-0.2, 0) is 0 Å². The van der Waals surface area contributed by atoms with Crippen LogP contribution in [0.15, 0.2) is 30.3 Å². The summed E-state index contributed by atoms with van der Waals surface area (Å²) in [6.45, 7) is 0. The number of benzene rings is 1. The van der Waals surface area contributed by atoms with E-state index in [9.17, 15) is 5.11 Å². The molecular formula is C8H8N4O. The highest BCUT2D eigenvalue weighted by molar-refractivity contribution is 5.21. The van der Waals surface area contributed by atoms with Crippen LogP contribution in [0.2, 0.25) is 0 Å². The molecule has 5 nitrogen and oxygen atoms in total. The zero-order valence-electron chi connectivity index (χ0n) is 6.75. The van der Waals surface area contributed by atoms with Crippen molar-refractivity contribution in [3.8, 4) is 0 Å². The molecule has 0 amide bonds. The van der Waals surface area contributed by atoms with Crippen LogP contribution in [0.3, 0.4) is 0 Å². The second-order valence-electron chi connectivity index (χ2n) is 2.60. The summed E-state index contributed by atoms with van der Waals surface area (Å²) in [5, 5.41) is 22.6. The Balaban J connectivity index is 2.29. The Morgan fingerprint density at radius 3 is 2.62 bits per heavy atom. The van der Waals surface area contributed by atoms with Gasteiger partial charge in [-0.2, -0.15) is 0 Å². The van der Waals surface area contributed by atoms with E-state index in [1.807, 2.05) is 30.3 Å². The van der Waals surface area contributed by atoms with Crippen molar-refractivity contribution in [3.63, 3.8) is 0 Å². The summed E-state index contributed by atoms with van der Waals surface area (Å²) in [7, 11) is 0. The Bertz CT molecular complexity index is 359. The van der Waals surface area contributed by atoms with Crippen molar-refractivity contribution in [3.05, 3.63) is 41.7 Å². The highest BCUT2D eigenvalue weighted by Crippen LogP contribution is 2.16. The van der Waals surface area contributed by atoms with Crippen LogP contribution in [0.1, 0.15) is 17.5 Å². The van der Waals surface area contributed by atoms with E-state index in [1.165, 1.54) is 0 Å². The van der Waals surface area contributed by atoms with Crippen molar-refractivity contribution in [1.29, 1.82) is 0 Å². The Kier molecular flexibility index (Phi) is 2.01. The molecule has 0 spiro atoms. The van der Waals surface area contributed by atoms with E-state index < -0.39 is 6.10 Å². The van der Waals surface area contributed by atoms with Crippen molar-refractivity contribution in [2.75, 3.05) is 0 Å². The number of H-pyrrole nitrogens is 1. The molecule has 1 heterocycles. The van der Waals surface area contributed by atoms with Gasteiger partial charge in [-0.1, -0.05) is 30.3 Å². The number of nitrogens with one attached hydrogen (secondary N) is 1. The first-order chi connectivity index (χ1) is 6.38. The van der Waals surface area contributed by atoms with Gasteiger partial charge in [0.2, 0.25) is 0 Å². The Hall–Kier alpha value is -1.75. The lowest BCUT2D eigenvalue weighted by atomic mass is 10.1. The SMILES string of the molecule is OC(c1ccccc1)c1nnn[nH]1. The van der Waals surface area contributed by atoms with Crippen LogP contribution in [-0.4, -0.2) is 25.7 Å². The fraction of sp³-hybridized carbons (Fsp3) is 0.125. The Labute approximate surface area is 74.4 Å². The molecule has 2 aromatic rings. The van der Waals surface area contributed by atoms with Gasteiger partial charge in [0.1, 0.15) is 6.10 Å². The molecule has 0 saturated carbocycles. The van der Waals surface area contributed by atoms with Crippen LogP contribution < -0.4 is 0 Å². The number of nitrogens with zero attached hydrogens (tertiary/aromatic N) is 3. The third kappa shape index (κ3) is 1.54. The van der Waals surface area contributed by atoms with Gasteiger partial charge < -0.3 is 5.11 Å². The third-order valence-electron chi connectivity index (χ3n) is 1.74. The van der Waals surface area contributed by atoms with Gasteiger partial charge in [0.25, 0.3) is 0 Å². The molecule has 1 unspecified atom stereocenters. The van der Waals surface area contributed by atoms with Crippen molar-refractivity contribution in [2.45, 2.75) is 6.10 Å². The lowest BCUT2D eigenvalue weighted by molar-refractivity contribution is 0.210. The van der Waals surface area contributed by atoms with Gasteiger partial charge >= 0.3 is 0 Å². The average molecular weight is 176 g/mol. The predicted molar refractivity (Wildman–Crippen MR) is 44.7 cm³/mol. The fourth-order valence-electron chi connectivity index (χ4n) is 1.08. The van der Waals surface area contributed by atoms with E-state index in [4.69, 9.17) is 0 Å². The molecule has 1 aromatic carbocycles. The van der Waals surface area contributed by atoms with Gasteiger partial charge in [-0.3, -0.25) is 0 Å². The molecule has 0 saturated heterocycles. The van der Waals surface area contributed by atoms with Gasteiger partial charge in [0.05, 0.1) is 0 Å². The van der Waals surface area contributed by atoms with Crippen LogP contribution in [0.4, 0.5) is 0 Å². The van der Waals surface area contributed by atoms with E-state index in [0.717, 1.165) is 5.56 Å². The molecule has 1 atom stereocenters. The summed E-state index contributed by atoms with van der Waals surface area (Å²) < 4.78 is 0. The minimum atomic E-state index is -0.781. The Morgan fingerprint density at radius 1 is 1.23 bits per heavy atom. The van der Waals surface area contributed by atoms with E-state index in [-0.39, 0.29) is 0 Å². The third-order valence-corrected chi connectivity index (χ3v) is 1.74. The topological polar surface area (TPSA) is 74.7 Å². The minimum absolute atomic E-state index is 0.353. The molecular weight excluding hydrogens is 168 g/mol. The first-order valence-corrected chi connectivity index (χ1v) is 3.84. The summed E-state index contributed by atoms with van der Waals surface area (Å²) >= 11 is 0. The maximum absolute atomic E-state index is 9.71. The quantitative estimate of drug-likeness (QED) is 0.689. The second-order valence-corrected chi connectivity index (χ2v) is 2.60. The van der Waals surface area contributed by atoms with Crippen LogP contribution >= 0.6 is 0 Å². The summed E-state index contributed by atoms with van der Waals surface area (Å²) in [5.74, 6) is 0.353. The first kappa shape index (κ1) is 7.88. The molecule has 13 heavy (non-hydrogen) atoms. The highest BCUT2D eigenvalue weighted by atomic mass is 16.3. The number of hydrogen-bond acceptors (Lipinski definition) is 4. The molecule has 66 valence electrons. The summed E-state index contributed by atoms with van der Waals surface area (Å²) in [6.07, 6.45) is -0.781. The minimum Gasteiger partial charge on any atom is -0.380 e. The summed E-state index contributed by atoms with van der Waals surface area (Å²) in [5.41, 5.74) is 0.765. The van der Waals surface area contributed by atoms with Gasteiger partial charge in [-0.05, 0) is 16.0 Å². The molecule has 0 aliphatic heterocycles. The van der Waals surface area contributed by atoms with Gasteiger partial charge in [-0.25, -0.2) is 5.10 Å². The second kappa shape index (κ2) is 3.32. The van der Waals surface area contributed by atoms with E-state index >= 15 is 0 Å². The number of hydrogen-bond donors (Lipinski definition) is 2. The molecule has 1 aromatic heterocycles. The van der Waals surface area contributed by atoms with Crippen molar-refractivity contribution in [2.24, 2.45) is 0 Å². The lowest BCUT2D eigenvalue weighted by Crippen LogP contribution is -2.01. The zero-order valence-corrected chi connectivity index (χ0v) is 6.75. The number of rotatable bonds is 2. The maximum Gasteiger partial charge on any atom is 0.182 e. The van der Waals surface area contributed by atoms with Gasteiger partial charge in [-0.15, -0.1) is 5.10 Å². The van der Waals surface area contributed by atoms with Crippen molar-refractivity contribution in [1.82, 2.24) is 20.6 Å². The van der Waals surface area contributed by atoms with Gasteiger partial charge in [0.15, 0.2) is 5.82 Å². The monoisotopic (exact) mass is 176 g/mol. The van der Waals surface area contributed by atoms with Crippen LogP contribution in [0, 0.1) is 0 Å². The number of tetrazole rings is 1. The molecule has 5 heteroatoms. The van der Waals surface area contributed by atoms with E-state index in [0.29, 0.717) is 5.82 Å². The number of aromatic amines is 1. The summed E-state index contributed by atoms with van der Waals surface area (Å²) in [4.78, 5) is 0. The van der Waals surface area contributed by atoms with E-state index in [2.05, 4.69) is 20.6 Å². The van der Waals surface area contributed by atoms with Crippen molar-refractivity contribution >= 4 is 0 Å². The number of aliphatic hydroxyl groups excluding tert-OH is 1. The number of aliphatic hydroxyl groups is 1. The molecule has 0 radical (unpaired) electrons. The average Bonchev–Trinajstić information content (AvgIpc) is 2.71. The maximum atomic E-state index is 9.71. The Morgan fingerprint density at radius 2 is 2.00 bits per heavy atom. The standard InChI is InChI=1S/C8H8N4O/c13-7(8-9-11-12-10-8)6-4-2-1-3-5-6/h1-5,7,13H,(H,9,10,11,12). The molecule has 0 fully saturated rings. The smallest absolute Gasteiger partial charge is 0.182 e. The zero-order chi connectivity index (χ0) is 9.10. The number of aromatic nitrogens is 4. The molecule has 0 aliphatic carbocycles. The van der Waals surface area contributed by atoms with Crippen LogP contribution in [0.5, 0.6) is 0 Å². The predicted octanol–water partition coefficient (Wildman–Crippen LogP) is 0.281. The molecule has 0 bridgehead atoms. The normalized spacial score (nSPS) is 12.7. The first-order valence-electron chi connectivity index (χ1n) is 3.84.